The van der Waals surface area contributed by atoms with Crippen LogP contribution in [-0.2, 0) is 0 Å². The van der Waals surface area contributed by atoms with Gasteiger partial charge in [0.2, 0.25) is 5.95 Å². The van der Waals surface area contributed by atoms with Crippen molar-refractivity contribution in [1.82, 2.24) is 20.4 Å². The van der Waals surface area contributed by atoms with E-state index in [1.165, 1.54) is 25.7 Å². The Bertz CT molecular complexity index is 705. The van der Waals surface area contributed by atoms with Crippen LogP contribution in [0.15, 0.2) is 16.7 Å². The van der Waals surface area contributed by atoms with Crippen LogP contribution in [0.25, 0.3) is 0 Å². The van der Waals surface area contributed by atoms with Gasteiger partial charge in [0.05, 0.1) is 0 Å². The van der Waals surface area contributed by atoms with E-state index in [2.05, 4.69) is 25.8 Å². The first-order valence-corrected chi connectivity index (χ1v) is 8.47. The normalized spacial score (nSPS) is 15.8. The number of nitrogens with zero attached hydrogens (tertiary/aromatic N) is 3. The summed E-state index contributed by atoms with van der Waals surface area (Å²) in [6, 6.07) is 3.69. The Balaban J connectivity index is 1.71. The van der Waals surface area contributed by atoms with Crippen LogP contribution < -0.4 is 10.6 Å². The predicted molar refractivity (Wildman–Crippen MR) is 90.2 cm³/mol. The third-order valence-corrected chi connectivity index (χ3v) is 4.15. The number of hydrogen-bond donors (Lipinski definition) is 2. The van der Waals surface area contributed by atoms with Gasteiger partial charge in [-0.15, -0.1) is 0 Å². The molecular weight excluding hydrogens is 306 g/mol. The Labute approximate surface area is 141 Å². The van der Waals surface area contributed by atoms with E-state index in [1.807, 2.05) is 6.92 Å². The van der Waals surface area contributed by atoms with E-state index in [0.29, 0.717) is 23.2 Å². The van der Waals surface area contributed by atoms with Gasteiger partial charge in [-0.05, 0) is 32.8 Å². The van der Waals surface area contributed by atoms with Gasteiger partial charge in [-0.25, -0.2) is 9.97 Å². The van der Waals surface area contributed by atoms with Crippen LogP contribution in [0.1, 0.15) is 60.5 Å². The van der Waals surface area contributed by atoms with Gasteiger partial charge in [-0.2, -0.15) is 0 Å². The number of anilines is 2. The summed E-state index contributed by atoms with van der Waals surface area (Å²) in [5.41, 5.74) is 1.09. The SMILES string of the molecule is Cc1cc(C(=O)NC2CCCCCC2)nc(Nc2cc(C)on2)n1. The molecule has 1 saturated carbocycles. The fourth-order valence-electron chi connectivity index (χ4n) is 2.96. The van der Waals surface area contributed by atoms with Gasteiger partial charge in [0.15, 0.2) is 5.82 Å². The molecule has 0 radical (unpaired) electrons. The molecule has 2 heterocycles. The molecule has 2 aromatic heterocycles. The zero-order valence-electron chi connectivity index (χ0n) is 14.1. The van der Waals surface area contributed by atoms with E-state index in [4.69, 9.17) is 4.52 Å². The van der Waals surface area contributed by atoms with Gasteiger partial charge in [-0.1, -0.05) is 30.8 Å². The van der Waals surface area contributed by atoms with Gasteiger partial charge in [0.1, 0.15) is 11.5 Å². The standard InChI is InChI=1S/C17H23N5O2/c1-11-9-14(16(23)19-13-7-5-3-4-6-8-13)20-17(18-11)21-15-10-12(2)24-22-15/h9-10,13H,3-8H2,1-2H3,(H,19,23)(H,18,20,21,22). The molecule has 0 aromatic carbocycles. The maximum Gasteiger partial charge on any atom is 0.270 e. The summed E-state index contributed by atoms with van der Waals surface area (Å²) in [5.74, 6) is 1.41. The molecule has 24 heavy (non-hydrogen) atoms. The number of carbonyl (C=O) groups is 1. The van der Waals surface area contributed by atoms with Crippen molar-refractivity contribution >= 4 is 17.7 Å². The molecule has 2 aromatic rings. The molecule has 7 heteroatoms. The molecule has 0 aliphatic heterocycles. The molecule has 0 saturated heterocycles. The number of nitrogens with one attached hydrogen (secondary N) is 2. The van der Waals surface area contributed by atoms with Gasteiger partial charge < -0.3 is 15.2 Å². The lowest BCUT2D eigenvalue weighted by Crippen LogP contribution is -2.35. The van der Waals surface area contributed by atoms with Gasteiger partial charge >= 0.3 is 0 Å². The van der Waals surface area contributed by atoms with Crippen LogP contribution in [0.5, 0.6) is 0 Å². The summed E-state index contributed by atoms with van der Waals surface area (Å²) in [4.78, 5) is 21.1. The minimum Gasteiger partial charge on any atom is -0.360 e. The minimum atomic E-state index is -0.146. The van der Waals surface area contributed by atoms with Crippen LogP contribution in [0, 0.1) is 13.8 Å². The first-order valence-electron chi connectivity index (χ1n) is 8.47. The molecule has 7 nitrogen and oxygen atoms in total. The molecular formula is C17H23N5O2. The Morgan fingerprint density at radius 3 is 2.54 bits per heavy atom. The number of aromatic nitrogens is 3. The highest BCUT2D eigenvalue weighted by atomic mass is 16.5. The maximum absolute atomic E-state index is 12.5. The molecule has 3 rings (SSSR count). The van der Waals surface area contributed by atoms with E-state index in [0.717, 1.165) is 18.5 Å². The summed E-state index contributed by atoms with van der Waals surface area (Å²) in [7, 11) is 0. The summed E-state index contributed by atoms with van der Waals surface area (Å²) >= 11 is 0. The van der Waals surface area contributed by atoms with Crippen molar-refractivity contribution in [1.29, 1.82) is 0 Å². The number of hydrogen-bond acceptors (Lipinski definition) is 6. The van der Waals surface area contributed by atoms with Crippen LogP contribution >= 0.6 is 0 Å². The zero-order valence-corrected chi connectivity index (χ0v) is 14.1. The van der Waals surface area contributed by atoms with Gasteiger partial charge in [0, 0.05) is 17.8 Å². The minimum absolute atomic E-state index is 0.146. The lowest BCUT2D eigenvalue weighted by molar-refractivity contribution is 0.0928. The van der Waals surface area contributed by atoms with E-state index in [1.54, 1.807) is 19.1 Å². The van der Waals surface area contributed by atoms with E-state index in [-0.39, 0.29) is 11.9 Å². The van der Waals surface area contributed by atoms with E-state index >= 15 is 0 Å². The monoisotopic (exact) mass is 329 g/mol. The first kappa shape index (κ1) is 16.4. The molecule has 0 spiro atoms. The molecule has 1 amide bonds. The molecule has 2 N–H and O–H groups in total. The summed E-state index contributed by atoms with van der Waals surface area (Å²) in [6.45, 7) is 3.64. The Morgan fingerprint density at radius 2 is 1.88 bits per heavy atom. The van der Waals surface area contributed by atoms with Crippen molar-refractivity contribution < 1.29 is 9.32 Å². The Kier molecular flexibility index (Phi) is 5.08. The topological polar surface area (TPSA) is 92.9 Å². The fraction of sp³-hybridized carbons (Fsp3) is 0.529. The molecule has 1 aliphatic carbocycles. The van der Waals surface area contributed by atoms with E-state index in [9.17, 15) is 4.79 Å². The van der Waals surface area contributed by atoms with Crippen molar-refractivity contribution in [2.45, 2.75) is 58.4 Å². The quantitative estimate of drug-likeness (QED) is 0.836. The molecule has 0 unspecified atom stereocenters. The second-order valence-electron chi connectivity index (χ2n) is 6.33. The summed E-state index contributed by atoms with van der Waals surface area (Å²) in [5, 5.41) is 9.93. The number of aryl methyl sites for hydroxylation is 2. The van der Waals surface area contributed by atoms with Gasteiger partial charge in [-0.3, -0.25) is 4.79 Å². The molecule has 1 aliphatic rings. The number of rotatable bonds is 4. The lowest BCUT2D eigenvalue weighted by Gasteiger charge is -2.16. The maximum atomic E-state index is 12.5. The van der Waals surface area contributed by atoms with E-state index < -0.39 is 0 Å². The van der Waals surface area contributed by atoms with Crippen LogP contribution in [-0.4, -0.2) is 27.1 Å². The summed E-state index contributed by atoms with van der Waals surface area (Å²) in [6.07, 6.45) is 6.94. The van der Waals surface area contributed by atoms with Crippen molar-refractivity contribution in [2.24, 2.45) is 0 Å². The van der Waals surface area contributed by atoms with Crippen LogP contribution in [0.4, 0.5) is 11.8 Å². The lowest BCUT2D eigenvalue weighted by atomic mass is 10.1. The molecule has 128 valence electrons. The predicted octanol–water partition coefficient (Wildman–Crippen LogP) is 3.28. The van der Waals surface area contributed by atoms with Crippen molar-refractivity contribution in [2.75, 3.05) is 5.32 Å². The third-order valence-electron chi connectivity index (χ3n) is 4.15. The largest absolute Gasteiger partial charge is 0.360 e. The zero-order chi connectivity index (χ0) is 16.9. The highest BCUT2D eigenvalue weighted by Gasteiger charge is 2.18. The molecule has 0 bridgehead atoms. The molecule has 0 atom stereocenters. The second-order valence-corrected chi connectivity index (χ2v) is 6.33. The Hall–Kier alpha value is -2.44. The smallest absolute Gasteiger partial charge is 0.270 e. The average molecular weight is 329 g/mol. The van der Waals surface area contributed by atoms with Crippen LogP contribution in [0.2, 0.25) is 0 Å². The van der Waals surface area contributed by atoms with Crippen molar-refractivity contribution in [3.05, 3.63) is 29.3 Å². The van der Waals surface area contributed by atoms with Crippen molar-refractivity contribution in [3.8, 4) is 0 Å². The average Bonchev–Trinajstić information content (AvgIpc) is 2.79. The van der Waals surface area contributed by atoms with Crippen LogP contribution in [0.3, 0.4) is 0 Å². The fourth-order valence-corrected chi connectivity index (χ4v) is 2.96. The molecule has 1 fully saturated rings. The second kappa shape index (κ2) is 7.42. The first-order chi connectivity index (χ1) is 11.6. The van der Waals surface area contributed by atoms with Gasteiger partial charge in [0.25, 0.3) is 5.91 Å². The third kappa shape index (κ3) is 4.31. The Morgan fingerprint density at radius 1 is 1.12 bits per heavy atom. The number of carbonyl (C=O) groups excluding carboxylic acids is 1. The highest BCUT2D eigenvalue weighted by Crippen LogP contribution is 2.18. The van der Waals surface area contributed by atoms with Crippen molar-refractivity contribution in [3.63, 3.8) is 0 Å². The number of amides is 1. The highest BCUT2D eigenvalue weighted by molar-refractivity contribution is 5.92. The summed E-state index contributed by atoms with van der Waals surface area (Å²) < 4.78 is 5.01.